The van der Waals surface area contributed by atoms with E-state index in [4.69, 9.17) is 9.72 Å². The van der Waals surface area contributed by atoms with Gasteiger partial charge < -0.3 is 14.6 Å². The monoisotopic (exact) mass is 391 g/mol. The molecule has 0 spiro atoms. The maximum Gasteiger partial charge on any atom is 0.246 e. The first kappa shape index (κ1) is 20.6. The molecule has 0 atom stereocenters. The first-order chi connectivity index (χ1) is 14.0. The predicted molar refractivity (Wildman–Crippen MR) is 117 cm³/mol. The maximum absolute atomic E-state index is 11.7. The third-order valence-electron chi connectivity index (χ3n) is 5.03. The number of amides is 1. The van der Waals surface area contributed by atoms with Crippen molar-refractivity contribution in [1.82, 2.24) is 14.9 Å². The van der Waals surface area contributed by atoms with Gasteiger partial charge >= 0.3 is 0 Å². The average molecular weight is 392 g/mol. The van der Waals surface area contributed by atoms with Crippen LogP contribution in [0.2, 0.25) is 0 Å². The molecule has 0 aliphatic rings. The SMILES string of the molecule is C=C(C)C(=O)NCCc1nc2ccccc2n1CCCOc1ccc(C)c(C)c1. The van der Waals surface area contributed by atoms with E-state index in [0.29, 0.717) is 25.1 Å². The number of aromatic nitrogens is 2. The minimum Gasteiger partial charge on any atom is -0.494 e. The molecule has 0 radical (unpaired) electrons. The molecule has 0 aliphatic carbocycles. The van der Waals surface area contributed by atoms with Gasteiger partial charge in [0.15, 0.2) is 0 Å². The number of imidazole rings is 1. The number of hydrogen-bond acceptors (Lipinski definition) is 3. The molecule has 2 aromatic carbocycles. The summed E-state index contributed by atoms with van der Waals surface area (Å²) >= 11 is 0. The van der Waals surface area contributed by atoms with E-state index >= 15 is 0 Å². The maximum atomic E-state index is 11.7. The van der Waals surface area contributed by atoms with Crippen molar-refractivity contribution in [3.63, 3.8) is 0 Å². The lowest BCUT2D eigenvalue weighted by molar-refractivity contribution is -0.117. The van der Waals surface area contributed by atoms with E-state index in [0.717, 1.165) is 35.6 Å². The lowest BCUT2D eigenvalue weighted by Gasteiger charge is -2.12. The number of nitrogens with zero attached hydrogens (tertiary/aromatic N) is 2. The highest BCUT2D eigenvalue weighted by molar-refractivity contribution is 5.92. The van der Waals surface area contributed by atoms with Crippen molar-refractivity contribution >= 4 is 16.9 Å². The van der Waals surface area contributed by atoms with E-state index in [9.17, 15) is 4.79 Å². The van der Waals surface area contributed by atoms with Gasteiger partial charge in [-0.2, -0.15) is 0 Å². The van der Waals surface area contributed by atoms with Crippen LogP contribution >= 0.6 is 0 Å². The second-order valence-corrected chi connectivity index (χ2v) is 7.40. The molecule has 3 aromatic rings. The highest BCUT2D eigenvalue weighted by atomic mass is 16.5. The number of carbonyl (C=O) groups excluding carboxylic acids is 1. The molecule has 29 heavy (non-hydrogen) atoms. The van der Waals surface area contributed by atoms with Crippen molar-refractivity contribution in [2.75, 3.05) is 13.2 Å². The molecule has 1 amide bonds. The molecule has 5 nitrogen and oxygen atoms in total. The predicted octanol–water partition coefficient (Wildman–Crippen LogP) is 4.36. The molecule has 152 valence electrons. The zero-order chi connectivity index (χ0) is 20.8. The Morgan fingerprint density at radius 2 is 1.97 bits per heavy atom. The third kappa shape index (κ3) is 5.25. The fraction of sp³-hybridized carbons (Fsp3) is 0.333. The van der Waals surface area contributed by atoms with Crippen LogP contribution in [-0.2, 0) is 17.8 Å². The Labute approximate surface area is 172 Å². The molecule has 1 aromatic heterocycles. The minimum absolute atomic E-state index is 0.116. The Hall–Kier alpha value is -3.08. The molecule has 5 heteroatoms. The van der Waals surface area contributed by atoms with E-state index < -0.39 is 0 Å². The van der Waals surface area contributed by atoms with Gasteiger partial charge in [-0.3, -0.25) is 4.79 Å². The topological polar surface area (TPSA) is 56.2 Å². The molecule has 0 saturated carbocycles. The smallest absolute Gasteiger partial charge is 0.246 e. The van der Waals surface area contributed by atoms with E-state index in [1.54, 1.807) is 6.92 Å². The normalized spacial score (nSPS) is 10.9. The summed E-state index contributed by atoms with van der Waals surface area (Å²) in [6.07, 6.45) is 1.55. The number of fused-ring (bicyclic) bond motifs is 1. The number of ether oxygens (including phenoxy) is 1. The van der Waals surface area contributed by atoms with Crippen molar-refractivity contribution in [1.29, 1.82) is 0 Å². The summed E-state index contributed by atoms with van der Waals surface area (Å²) in [5.41, 5.74) is 5.11. The third-order valence-corrected chi connectivity index (χ3v) is 5.03. The molecule has 1 N–H and O–H groups in total. The second-order valence-electron chi connectivity index (χ2n) is 7.40. The quantitative estimate of drug-likeness (QED) is 0.436. The number of para-hydroxylation sites is 2. The van der Waals surface area contributed by atoms with Gasteiger partial charge in [0.2, 0.25) is 5.91 Å². The summed E-state index contributed by atoms with van der Waals surface area (Å²) in [6, 6.07) is 14.3. The van der Waals surface area contributed by atoms with Crippen LogP contribution in [0, 0.1) is 13.8 Å². The lowest BCUT2D eigenvalue weighted by atomic mass is 10.1. The van der Waals surface area contributed by atoms with E-state index in [-0.39, 0.29) is 5.91 Å². The zero-order valence-electron chi connectivity index (χ0n) is 17.5. The van der Waals surface area contributed by atoms with Crippen LogP contribution in [0.25, 0.3) is 11.0 Å². The van der Waals surface area contributed by atoms with Crippen molar-refractivity contribution in [2.24, 2.45) is 0 Å². The first-order valence-corrected chi connectivity index (χ1v) is 10.0. The number of aryl methyl sites for hydroxylation is 3. The van der Waals surface area contributed by atoms with Crippen LogP contribution in [0.4, 0.5) is 0 Å². The molecule has 0 saturated heterocycles. The van der Waals surface area contributed by atoms with E-state index in [1.165, 1.54) is 11.1 Å². The Kier molecular flexibility index (Phi) is 6.70. The van der Waals surface area contributed by atoms with Crippen molar-refractivity contribution in [3.8, 4) is 5.75 Å². The summed E-state index contributed by atoms with van der Waals surface area (Å²) in [4.78, 5) is 16.5. The van der Waals surface area contributed by atoms with Gasteiger partial charge in [-0.15, -0.1) is 0 Å². The molecule has 0 aliphatic heterocycles. The minimum atomic E-state index is -0.116. The molecular formula is C24H29N3O2. The lowest BCUT2D eigenvalue weighted by Crippen LogP contribution is -2.26. The summed E-state index contributed by atoms with van der Waals surface area (Å²) in [6.45, 7) is 11.6. The van der Waals surface area contributed by atoms with Gasteiger partial charge in [-0.25, -0.2) is 4.98 Å². The molecule has 1 heterocycles. The Bertz CT molecular complexity index is 1020. The van der Waals surface area contributed by atoms with Crippen LogP contribution in [0.15, 0.2) is 54.6 Å². The number of nitrogens with one attached hydrogen (secondary N) is 1. The van der Waals surface area contributed by atoms with Gasteiger partial charge in [0.05, 0.1) is 17.6 Å². The van der Waals surface area contributed by atoms with Crippen molar-refractivity contribution < 1.29 is 9.53 Å². The molecule has 3 rings (SSSR count). The molecular weight excluding hydrogens is 362 g/mol. The van der Waals surface area contributed by atoms with Gasteiger partial charge in [0.25, 0.3) is 0 Å². The fourth-order valence-electron chi connectivity index (χ4n) is 3.22. The van der Waals surface area contributed by atoms with Crippen LogP contribution in [0.5, 0.6) is 5.75 Å². The van der Waals surface area contributed by atoms with Crippen molar-refractivity contribution in [3.05, 3.63) is 71.6 Å². The number of carbonyl (C=O) groups is 1. The first-order valence-electron chi connectivity index (χ1n) is 10.0. The fourth-order valence-corrected chi connectivity index (χ4v) is 3.22. The highest BCUT2D eigenvalue weighted by Gasteiger charge is 2.11. The summed E-state index contributed by atoms with van der Waals surface area (Å²) in [5.74, 6) is 1.76. The van der Waals surface area contributed by atoms with Crippen LogP contribution in [0.1, 0.15) is 30.3 Å². The van der Waals surface area contributed by atoms with Gasteiger partial charge in [0.1, 0.15) is 11.6 Å². The zero-order valence-corrected chi connectivity index (χ0v) is 17.5. The Morgan fingerprint density at radius 1 is 1.17 bits per heavy atom. The Balaban J connectivity index is 1.63. The van der Waals surface area contributed by atoms with Crippen molar-refractivity contribution in [2.45, 2.75) is 40.2 Å². The average Bonchev–Trinajstić information content (AvgIpc) is 3.05. The van der Waals surface area contributed by atoms with E-state index in [2.05, 4.69) is 48.5 Å². The second kappa shape index (κ2) is 9.41. The number of rotatable bonds is 9. The van der Waals surface area contributed by atoms with Gasteiger partial charge in [0, 0.05) is 25.1 Å². The van der Waals surface area contributed by atoms with E-state index in [1.807, 2.05) is 24.3 Å². The van der Waals surface area contributed by atoms with Gasteiger partial charge in [-0.05, 0) is 62.6 Å². The number of hydrogen-bond donors (Lipinski definition) is 1. The van der Waals surface area contributed by atoms with Crippen LogP contribution in [0.3, 0.4) is 0 Å². The Morgan fingerprint density at radius 3 is 2.72 bits per heavy atom. The summed E-state index contributed by atoms with van der Waals surface area (Å²) in [7, 11) is 0. The molecule has 0 bridgehead atoms. The van der Waals surface area contributed by atoms with Crippen LogP contribution in [-0.4, -0.2) is 28.6 Å². The summed E-state index contributed by atoms with van der Waals surface area (Å²) in [5, 5.41) is 2.88. The highest BCUT2D eigenvalue weighted by Crippen LogP contribution is 2.19. The molecule has 0 fully saturated rings. The van der Waals surface area contributed by atoms with Gasteiger partial charge in [-0.1, -0.05) is 24.8 Å². The standard InChI is InChI=1S/C24H29N3O2/c1-17(2)24(28)25-13-12-23-26-21-8-5-6-9-22(21)27(23)14-7-15-29-20-11-10-18(3)19(4)16-20/h5-6,8-11,16H,1,7,12-15H2,2-4H3,(H,25,28). The van der Waals surface area contributed by atoms with Crippen LogP contribution < -0.4 is 10.1 Å². The largest absolute Gasteiger partial charge is 0.494 e. The summed E-state index contributed by atoms with van der Waals surface area (Å²) < 4.78 is 8.16. The molecule has 0 unspecified atom stereocenters. The number of benzene rings is 2.